The number of hydrogen-bond donors (Lipinski definition) is 1. The van der Waals surface area contributed by atoms with E-state index in [0.717, 1.165) is 11.3 Å². The molecular formula is C17H27NO2. The van der Waals surface area contributed by atoms with E-state index in [1.54, 1.807) is 0 Å². The predicted molar refractivity (Wildman–Crippen MR) is 81.8 cm³/mol. The Kier molecular flexibility index (Phi) is 5.44. The first-order valence-electron chi connectivity index (χ1n) is 7.62. The molecule has 0 bridgehead atoms. The van der Waals surface area contributed by atoms with Crippen molar-refractivity contribution in [1.29, 1.82) is 0 Å². The standard InChI is InChI=1S/C17H27NO2/c1-17(2)9-7-16(8-10-17)20-12-11-19-15-5-3-14(13-18)4-6-15/h3-6,16H,7-13,18H2,1-2H3. The van der Waals surface area contributed by atoms with Gasteiger partial charge < -0.3 is 15.2 Å². The molecule has 112 valence electrons. The van der Waals surface area contributed by atoms with Crippen LogP contribution in [0.4, 0.5) is 0 Å². The summed E-state index contributed by atoms with van der Waals surface area (Å²) in [6.07, 6.45) is 5.31. The van der Waals surface area contributed by atoms with Crippen molar-refractivity contribution in [3.63, 3.8) is 0 Å². The highest BCUT2D eigenvalue weighted by Crippen LogP contribution is 2.36. The summed E-state index contributed by atoms with van der Waals surface area (Å²) in [7, 11) is 0. The number of benzene rings is 1. The van der Waals surface area contributed by atoms with E-state index in [0.29, 0.717) is 31.3 Å². The molecule has 1 saturated carbocycles. The number of nitrogens with two attached hydrogens (primary N) is 1. The Bertz CT molecular complexity index is 390. The van der Waals surface area contributed by atoms with Crippen molar-refractivity contribution in [2.45, 2.75) is 52.2 Å². The summed E-state index contributed by atoms with van der Waals surface area (Å²) < 4.78 is 11.6. The average Bonchev–Trinajstić information content (AvgIpc) is 2.46. The van der Waals surface area contributed by atoms with E-state index in [4.69, 9.17) is 15.2 Å². The molecule has 1 aliphatic rings. The Hall–Kier alpha value is -1.06. The monoisotopic (exact) mass is 277 g/mol. The lowest BCUT2D eigenvalue weighted by Gasteiger charge is -2.34. The summed E-state index contributed by atoms with van der Waals surface area (Å²) in [5.74, 6) is 0.885. The fraction of sp³-hybridized carbons (Fsp3) is 0.647. The molecule has 1 aromatic rings. The van der Waals surface area contributed by atoms with Gasteiger partial charge in [0.2, 0.25) is 0 Å². The van der Waals surface area contributed by atoms with Gasteiger partial charge in [-0.05, 0) is 48.8 Å². The molecule has 0 aromatic heterocycles. The van der Waals surface area contributed by atoms with Crippen molar-refractivity contribution in [1.82, 2.24) is 0 Å². The Morgan fingerprint density at radius 3 is 2.35 bits per heavy atom. The average molecular weight is 277 g/mol. The molecule has 0 amide bonds. The number of ether oxygens (including phenoxy) is 2. The third-order valence-corrected chi connectivity index (χ3v) is 4.15. The fourth-order valence-corrected chi connectivity index (χ4v) is 2.64. The molecule has 1 aromatic carbocycles. The van der Waals surface area contributed by atoms with Gasteiger partial charge >= 0.3 is 0 Å². The first kappa shape index (κ1) is 15.3. The minimum absolute atomic E-state index is 0.422. The van der Waals surface area contributed by atoms with E-state index in [2.05, 4.69) is 13.8 Å². The van der Waals surface area contributed by atoms with Gasteiger partial charge in [-0.1, -0.05) is 26.0 Å². The highest BCUT2D eigenvalue weighted by molar-refractivity contribution is 5.26. The summed E-state index contributed by atoms with van der Waals surface area (Å²) in [6, 6.07) is 7.93. The van der Waals surface area contributed by atoms with Crippen LogP contribution in [0.5, 0.6) is 5.75 Å². The Morgan fingerprint density at radius 2 is 1.75 bits per heavy atom. The summed E-state index contributed by atoms with van der Waals surface area (Å²) >= 11 is 0. The van der Waals surface area contributed by atoms with Crippen LogP contribution < -0.4 is 10.5 Å². The zero-order chi connectivity index (χ0) is 14.4. The highest BCUT2D eigenvalue weighted by Gasteiger charge is 2.26. The van der Waals surface area contributed by atoms with Crippen molar-refractivity contribution in [3.05, 3.63) is 29.8 Å². The van der Waals surface area contributed by atoms with Crippen LogP contribution in [0.25, 0.3) is 0 Å². The van der Waals surface area contributed by atoms with Gasteiger partial charge in [-0.2, -0.15) is 0 Å². The van der Waals surface area contributed by atoms with Crippen LogP contribution in [0.3, 0.4) is 0 Å². The van der Waals surface area contributed by atoms with Crippen LogP contribution >= 0.6 is 0 Å². The fourth-order valence-electron chi connectivity index (χ4n) is 2.64. The topological polar surface area (TPSA) is 44.5 Å². The zero-order valence-corrected chi connectivity index (χ0v) is 12.7. The molecule has 3 heteroatoms. The third kappa shape index (κ3) is 4.80. The SMILES string of the molecule is CC1(C)CCC(OCCOc2ccc(CN)cc2)CC1. The van der Waals surface area contributed by atoms with Gasteiger partial charge in [0.15, 0.2) is 0 Å². The Balaban J connectivity index is 1.61. The number of rotatable bonds is 6. The molecule has 0 saturated heterocycles. The predicted octanol–water partition coefficient (Wildman–Crippen LogP) is 3.51. The maximum atomic E-state index is 5.90. The highest BCUT2D eigenvalue weighted by atomic mass is 16.5. The second kappa shape index (κ2) is 7.09. The zero-order valence-electron chi connectivity index (χ0n) is 12.7. The first-order valence-corrected chi connectivity index (χ1v) is 7.62. The van der Waals surface area contributed by atoms with Gasteiger partial charge in [0.05, 0.1) is 12.7 Å². The molecule has 0 atom stereocenters. The van der Waals surface area contributed by atoms with Crippen molar-refractivity contribution in [2.24, 2.45) is 11.1 Å². The molecule has 3 nitrogen and oxygen atoms in total. The molecule has 0 heterocycles. The molecular weight excluding hydrogens is 250 g/mol. The van der Waals surface area contributed by atoms with Crippen LogP contribution in [0.2, 0.25) is 0 Å². The molecule has 0 spiro atoms. The largest absolute Gasteiger partial charge is 0.491 e. The molecule has 0 unspecified atom stereocenters. The van der Waals surface area contributed by atoms with Crippen molar-refractivity contribution >= 4 is 0 Å². The van der Waals surface area contributed by atoms with Crippen molar-refractivity contribution in [2.75, 3.05) is 13.2 Å². The normalized spacial score (nSPS) is 18.9. The van der Waals surface area contributed by atoms with Crippen LogP contribution in [0.15, 0.2) is 24.3 Å². The molecule has 1 aliphatic carbocycles. The lowest BCUT2D eigenvalue weighted by molar-refractivity contribution is -0.00732. The summed E-state index contributed by atoms with van der Waals surface area (Å²) in [6.45, 7) is 6.54. The maximum absolute atomic E-state index is 5.90. The molecule has 0 radical (unpaired) electrons. The molecule has 2 rings (SSSR count). The molecule has 20 heavy (non-hydrogen) atoms. The van der Waals surface area contributed by atoms with E-state index in [1.165, 1.54) is 25.7 Å². The van der Waals surface area contributed by atoms with Crippen LogP contribution in [0.1, 0.15) is 45.1 Å². The second-order valence-corrected chi connectivity index (χ2v) is 6.43. The summed E-state index contributed by atoms with van der Waals surface area (Å²) in [5, 5.41) is 0. The molecule has 2 N–H and O–H groups in total. The van der Waals surface area contributed by atoms with Gasteiger partial charge in [0, 0.05) is 6.54 Å². The van der Waals surface area contributed by atoms with Gasteiger partial charge in [-0.15, -0.1) is 0 Å². The minimum atomic E-state index is 0.422. The second-order valence-electron chi connectivity index (χ2n) is 6.43. The van der Waals surface area contributed by atoms with E-state index >= 15 is 0 Å². The van der Waals surface area contributed by atoms with Gasteiger partial charge in [-0.3, -0.25) is 0 Å². The minimum Gasteiger partial charge on any atom is -0.491 e. The van der Waals surface area contributed by atoms with Gasteiger partial charge in [0.1, 0.15) is 12.4 Å². The number of hydrogen-bond acceptors (Lipinski definition) is 3. The molecule has 0 aliphatic heterocycles. The Labute approximate surface area is 122 Å². The maximum Gasteiger partial charge on any atom is 0.119 e. The third-order valence-electron chi connectivity index (χ3n) is 4.15. The van der Waals surface area contributed by atoms with Gasteiger partial charge in [-0.25, -0.2) is 0 Å². The van der Waals surface area contributed by atoms with Crippen LogP contribution in [-0.4, -0.2) is 19.3 Å². The van der Waals surface area contributed by atoms with Crippen molar-refractivity contribution in [3.8, 4) is 5.75 Å². The van der Waals surface area contributed by atoms with E-state index in [9.17, 15) is 0 Å². The first-order chi connectivity index (χ1) is 9.59. The summed E-state index contributed by atoms with van der Waals surface area (Å²) in [5.41, 5.74) is 7.19. The lowest BCUT2D eigenvalue weighted by Crippen LogP contribution is -2.27. The van der Waals surface area contributed by atoms with E-state index in [1.807, 2.05) is 24.3 Å². The Morgan fingerprint density at radius 1 is 1.10 bits per heavy atom. The summed E-state index contributed by atoms with van der Waals surface area (Å²) in [4.78, 5) is 0. The van der Waals surface area contributed by atoms with Crippen LogP contribution in [-0.2, 0) is 11.3 Å². The van der Waals surface area contributed by atoms with E-state index in [-0.39, 0.29) is 0 Å². The smallest absolute Gasteiger partial charge is 0.119 e. The van der Waals surface area contributed by atoms with Gasteiger partial charge in [0.25, 0.3) is 0 Å². The molecule has 1 fully saturated rings. The quantitative estimate of drug-likeness (QED) is 0.809. The van der Waals surface area contributed by atoms with E-state index < -0.39 is 0 Å². The lowest BCUT2D eigenvalue weighted by atomic mass is 9.76. The van der Waals surface area contributed by atoms with Crippen molar-refractivity contribution < 1.29 is 9.47 Å². The van der Waals surface area contributed by atoms with Crippen LogP contribution in [0, 0.1) is 5.41 Å².